The molecule has 1 heterocycles. The summed E-state index contributed by atoms with van der Waals surface area (Å²) >= 11 is 0. The van der Waals surface area contributed by atoms with Crippen LogP contribution in [0.5, 0.6) is 0 Å². The van der Waals surface area contributed by atoms with E-state index in [0.29, 0.717) is 17.8 Å². The average molecular weight is 208 g/mol. The van der Waals surface area contributed by atoms with Crippen molar-refractivity contribution >= 4 is 11.8 Å². The standard InChI is InChI=1S/C10H12N2O3/c1-8-10(12(14)15)6-5-9(11-8)4-2-3-7-13/h2,4-6,13H,3,7H2,1H3. The number of aryl methyl sites for hydroxylation is 1. The van der Waals surface area contributed by atoms with Crippen molar-refractivity contribution in [3.63, 3.8) is 0 Å². The van der Waals surface area contributed by atoms with Crippen LogP contribution >= 0.6 is 0 Å². The number of aliphatic hydroxyl groups excluding tert-OH is 1. The normalized spacial score (nSPS) is 10.8. The summed E-state index contributed by atoms with van der Waals surface area (Å²) in [6, 6.07) is 3.01. The van der Waals surface area contributed by atoms with Crippen molar-refractivity contribution in [1.29, 1.82) is 0 Å². The van der Waals surface area contributed by atoms with Crippen molar-refractivity contribution in [1.82, 2.24) is 4.98 Å². The SMILES string of the molecule is Cc1nc(C=CCCO)ccc1[N+](=O)[O-]. The quantitative estimate of drug-likeness (QED) is 0.603. The van der Waals surface area contributed by atoms with E-state index < -0.39 is 4.92 Å². The van der Waals surface area contributed by atoms with Crippen molar-refractivity contribution in [3.05, 3.63) is 39.7 Å². The monoisotopic (exact) mass is 208 g/mol. The third kappa shape index (κ3) is 3.14. The lowest BCUT2D eigenvalue weighted by Crippen LogP contribution is -1.95. The number of rotatable bonds is 4. The van der Waals surface area contributed by atoms with Gasteiger partial charge in [-0.25, -0.2) is 4.98 Å². The van der Waals surface area contributed by atoms with Crippen LogP contribution in [-0.4, -0.2) is 21.6 Å². The summed E-state index contributed by atoms with van der Waals surface area (Å²) in [5.41, 5.74) is 1.08. The van der Waals surface area contributed by atoms with Crippen LogP contribution in [0.15, 0.2) is 18.2 Å². The van der Waals surface area contributed by atoms with Crippen molar-refractivity contribution in [3.8, 4) is 0 Å². The fraction of sp³-hybridized carbons (Fsp3) is 0.300. The van der Waals surface area contributed by atoms with Gasteiger partial charge in [0.2, 0.25) is 0 Å². The van der Waals surface area contributed by atoms with Crippen LogP contribution in [-0.2, 0) is 0 Å². The van der Waals surface area contributed by atoms with Gasteiger partial charge in [0.25, 0.3) is 5.69 Å². The smallest absolute Gasteiger partial charge is 0.290 e. The topological polar surface area (TPSA) is 76.3 Å². The van der Waals surface area contributed by atoms with Crippen LogP contribution in [0.25, 0.3) is 6.08 Å². The van der Waals surface area contributed by atoms with Crippen LogP contribution in [0.3, 0.4) is 0 Å². The van der Waals surface area contributed by atoms with Crippen LogP contribution in [0.1, 0.15) is 17.8 Å². The summed E-state index contributed by atoms with van der Waals surface area (Å²) in [5, 5.41) is 19.1. The summed E-state index contributed by atoms with van der Waals surface area (Å²) in [6.45, 7) is 1.68. The lowest BCUT2D eigenvalue weighted by molar-refractivity contribution is -0.385. The van der Waals surface area contributed by atoms with E-state index in [1.807, 2.05) is 0 Å². The largest absolute Gasteiger partial charge is 0.396 e. The highest BCUT2D eigenvalue weighted by Crippen LogP contribution is 2.15. The summed E-state index contributed by atoms with van der Waals surface area (Å²) in [7, 11) is 0. The van der Waals surface area contributed by atoms with Gasteiger partial charge in [-0.05, 0) is 25.5 Å². The van der Waals surface area contributed by atoms with E-state index in [1.54, 1.807) is 25.1 Å². The number of nitro groups is 1. The first-order valence-corrected chi connectivity index (χ1v) is 4.54. The minimum atomic E-state index is -0.455. The molecule has 0 fully saturated rings. The van der Waals surface area contributed by atoms with E-state index in [0.717, 1.165) is 0 Å². The van der Waals surface area contributed by atoms with Crippen LogP contribution in [0.2, 0.25) is 0 Å². The number of pyridine rings is 1. The van der Waals surface area contributed by atoms with E-state index in [4.69, 9.17) is 5.11 Å². The van der Waals surface area contributed by atoms with Crippen molar-refractivity contribution < 1.29 is 10.0 Å². The molecule has 80 valence electrons. The minimum absolute atomic E-state index is 0.0225. The average Bonchev–Trinajstić information content (AvgIpc) is 2.17. The number of nitrogens with zero attached hydrogens (tertiary/aromatic N) is 2. The van der Waals surface area contributed by atoms with Crippen LogP contribution in [0.4, 0.5) is 5.69 Å². The van der Waals surface area contributed by atoms with Gasteiger partial charge in [-0.1, -0.05) is 6.08 Å². The van der Waals surface area contributed by atoms with Gasteiger partial charge in [0.1, 0.15) is 5.69 Å². The van der Waals surface area contributed by atoms with Gasteiger partial charge in [0, 0.05) is 12.7 Å². The predicted molar refractivity (Wildman–Crippen MR) is 56.4 cm³/mol. The molecule has 0 unspecified atom stereocenters. The zero-order valence-corrected chi connectivity index (χ0v) is 8.38. The molecule has 0 saturated heterocycles. The number of hydrogen-bond donors (Lipinski definition) is 1. The van der Waals surface area contributed by atoms with E-state index in [-0.39, 0.29) is 12.3 Å². The lowest BCUT2D eigenvalue weighted by atomic mass is 10.2. The predicted octanol–water partition coefficient (Wildman–Crippen LogP) is 1.69. The molecule has 1 aromatic rings. The molecule has 0 aliphatic rings. The molecule has 0 saturated carbocycles. The van der Waals surface area contributed by atoms with E-state index in [9.17, 15) is 10.1 Å². The highest BCUT2D eigenvalue weighted by Gasteiger charge is 2.10. The molecule has 0 aromatic carbocycles. The van der Waals surface area contributed by atoms with Gasteiger partial charge < -0.3 is 5.11 Å². The first kappa shape index (κ1) is 11.3. The Labute approximate surface area is 87.2 Å². The molecule has 0 bridgehead atoms. The van der Waals surface area contributed by atoms with Gasteiger partial charge in [-0.2, -0.15) is 0 Å². The molecule has 15 heavy (non-hydrogen) atoms. The second-order valence-electron chi connectivity index (χ2n) is 3.01. The van der Waals surface area contributed by atoms with Crippen molar-refractivity contribution in [2.45, 2.75) is 13.3 Å². The Kier molecular flexibility index (Phi) is 3.93. The Morgan fingerprint density at radius 2 is 2.33 bits per heavy atom. The zero-order valence-electron chi connectivity index (χ0n) is 8.38. The third-order valence-corrected chi connectivity index (χ3v) is 1.86. The maximum atomic E-state index is 10.5. The zero-order chi connectivity index (χ0) is 11.3. The molecule has 0 radical (unpaired) electrons. The molecule has 5 nitrogen and oxygen atoms in total. The second kappa shape index (κ2) is 5.21. The molecule has 0 aliphatic carbocycles. The molecule has 0 amide bonds. The Bertz CT molecular complexity index is 388. The fourth-order valence-electron chi connectivity index (χ4n) is 1.14. The van der Waals surface area contributed by atoms with Gasteiger partial charge in [0.05, 0.1) is 10.6 Å². The Hall–Kier alpha value is -1.75. The molecule has 0 atom stereocenters. The van der Waals surface area contributed by atoms with Gasteiger partial charge in [0.15, 0.2) is 0 Å². The molecule has 5 heteroatoms. The third-order valence-electron chi connectivity index (χ3n) is 1.86. The molecular weight excluding hydrogens is 196 g/mol. The van der Waals surface area contributed by atoms with Gasteiger partial charge >= 0.3 is 0 Å². The Morgan fingerprint density at radius 1 is 1.60 bits per heavy atom. The molecular formula is C10H12N2O3. The summed E-state index contributed by atoms with van der Waals surface area (Å²) in [4.78, 5) is 14.1. The summed E-state index contributed by atoms with van der Waals surface area (Å²) < 4.78 is 0. The Balaban J connectivity index is 2.87. The van der Waals surface area contributed by atoms with Crippen LogP contribution in [0, 0.1) is 17.0 Å². The maximum Gasteiger partial charge on any atom is 0.290 e. The lowest BCUT2D eigenvalue weighted by Gasteiger charge is -1.97. The minimum Gasteiger partial charge on any atom is -0.396 e. The van der Waals surface area contributed by atoms with Crippen molar-refractivity contribution in [2.24, 2.45) is 0 Å². The number of aromatic nitrogens is 1. The first-order valence-electron chi connectivity index (χ1n) is 4.54. The number of hydrogen-bond acceptors (Lipinski definition) is 4. The highest BCUT2D eigenvalue weighted by atomic mass is 16.6. The first-order chi connectivity index (χ1) is 7.15. The molecule has 1 N–H and O–H groups in total. The second-order valence-corrected chi connectivity index (χ2v) is 3.01. The van der Waals surface area contributed by atoms with E-state index >= 15 is 0 Å². The van der Waals surface area contributed by atoms with Crippen molar-refractivity contribution in [2.75, 3.05) is 6.61 Å². The highest BCUT2D eigenvalue weighted by molar-refractivity contribution is 5.48. The molecule has 1 aromatic heterocycles. The van der Waals surface area contributed by atoms with Crippen LogP contribution < -0.4 is 0 Å². The van der Waals surface area contributed by atoms with E-state index in [1.165, 1.54) is 6.07 Å². The Morgan fingerprint density at radius 3 is 2.87 bits per heavy atom. The van der Waals surface area contributed by atoms with Gasteiger partial charge in [-0.3, -0.25) is 10.1 Å². The summed E-state index contributed by atoms with van der Waals surface area (Å²) in [5.74, 6) is 0. The van der Waals surface area contributed by atoms with E-state index in [2.05, 4.69) is 4.98 Å². The fourth-order valence-corrected chi connectivity index (χ4v) is 1.14. The molecule has 1 rings (SSSR count). The molecule has 0 aliphatic heterocycles. The maximum absolute atomic E-state index is 10.5. The van der Waals surface area contributed by atoms with Gasteiger partial charge in [-0.15, -0.1) is 0 Å². The molecule has 0 spiro atoms. The number of aliphatic hydroxyl groups is 1. The summed E-state index contributed by atoms with van der Waals surface area (Å²) in [6.07, 6.45) is 4.05.